The predicted octanol–water partition coefficient (Wildman–Crippen LogP) is 5.66. The summed E-state index contributed by atoms with van der Waals surface area (Å²) in [5, 5.41) is 9.15. The largest absolute Gasteiger partial charge is 0.356 e. The Morgan fingerprint density at radius 1 is 1.12 bits per heavy atom. The first-order valence-electron chi connectivity index (χ1n) is 12.2. The third-order valence-electron chi connectivity index (χ3n) is 7.42. The average molecular weight is 457 g/mol. The van der Waals surface area contributed by atoms with Crippen molar-refractivity contribution >= 4 is 5.82 Å². The lowest BCUT2D eigenvalue weighted by atomic mass is 9.85. The van der Waals surface area contributed by atoms with E-state index in [1.54, 1.807) is 16.7 Å². The maximum absolute atomic E-state index is 14.6. The van der Waals surface area contributed by atoms with Crippen LogP contribution in [0.5, 0.6) is 0 Å². The molecule has 0 N–H and O–H groups in total. The Bertz CT molecular complexity index is 1300. The normalized spacial score (nSPS) is 20.2. The second kappa shape index (κ2) is 9.06. The zero-order valence-electron chi connectivity index (χ0n) is 19.7. The number of aromatic nitrogens is 2. The maximum Gasteiger partial charge on any atom is 0.260 e. The van der Waals surface area contributed by atoms with E-state index in [2.05, 4.69) is 30.9 Å². The molecular weight excluding hydrogens is 427 g/mol. The third-order valence-corrected chi connectivity index (χ3v) is 7.42. The van der Waals surface area contributed by atoms with Crippen molar-refractivity contribution < 1.29 is 4.39 Å². The molecule has 0 spiro atoms. The molecule has 1 aliphatic carbocycles. The first-order valence-corrected chi connectivity index (χ1v) is 12.2. The van der Waals surface area contributed by atoms with Crippen molar-refractivity contribution in [2.24, 2.45) is 11.8 Å². The Kier molecular flexibility index (Phi) is 5.95. The molecule has 2 atom stereocenters. The molecule has 0 radical (unpaired) electrons. The van der Waals surface area contributed by atoms with Crippen molar-refractivity contribution in [2.75, 3.05) is 18.0 Å². The number of piperidine rings is 1. The van der Waals surface area contributed by atoms with E-state index >= 15 is 0 Å². The van der Waals surface area contributed by atoms with Crippen LogP contribution in [-0.4, -0.2) is 22.6 Å². The smallest absolute Gasteiger partial charge is 0.260 e. The molecule has 1 saturated heterocycles. The summed E-state index contributed by atoms with van der Waals surface area (Å²) in [6.07, 6.45) is 4.54. The van der Waals surface area contributed by atoms with Crippen LogP contribution in [0.3, 0.4) is 0 Å². The Labute approximate surface area is 199 Å². The molecule has 1 aliphatic heterocycles. The van der Waals surface area contributed by atoms with Gasteiger partial charge in [0.2, 0.25) is 0 Å². The molecule has 1 saturated carbocycles. The summed E-state index contributed by atoms with van der Waals surface area (Å²) < 4.78 is 16.1. The van der Waals surface area contributed by atoms with Gasteiger partial charge in [-0.25, -0.2) is 9.37 Å². The highest BCUT2D eigenvalue weighted by Crippen LogP contribution is 2.40. The molecule has 2 aromatic carbocycles. The molecule has 1 aromatic heterocycles. The minimum atomic E-state index is -0.617. The van der Waals surface area contributed by atoms with Crippen LogP contribution in [0, 0.1) is 29.0 Å². The van der Waals surface area contributed by atoms with Crippen molar-refractivity contribution in [1.82, 2.24) is 9.55 Å². The monoisotopic (exact) mass is 456 g/mol. The SMILES string of the molecule is CCC1CN(c2cc(=O)n(-c3ccc(C4CC4)cc3)c(-c3ccc(C#N)c(F)c3)n2)CCC1C. The van der Waals surface area contributed by atoms with E-state index in [9.17, 15) is 9.18 Å². The highest BCUT2D eigenvalue weighted by atomic mass is 19.1. The molecule has 0 amide bonds. The van der Waals surface area contributed by atoms with Crippen LogP contribution in [0.4, 0.5) is 10.2 Å². The van der Waals surface area contributed by atoms with Gasteiger partial charge in [0.05, 0.1) is 11.3 Å². The number of hydrogen-bond acceptors (Lipinski definition) is 4. The molecule has 34 heavy (non-hydrogen) atoms. The highest BCUT2D eigenvalue weighted by molar-refractivity contribution is 5.62. The van der Waals surface area contributed by atoms with Gasteiger partial charge in [-0.3, -0.25) is 9.36 Å². The molecular formula is C28H29FN4O. The van der Waals surface area contributed by atoms with E-state index in [0.29, 0.717) is 40.6 Å². The lowest BCUT2D eigenvalue weighted by Gasteiger charge is -2.37. The molecule has 5 nitrogen and oxygen atoms in total. The van der Waals surface area contributed by atoms with Crippen molar-refractivity contribution in [1.29, 1.82) is 5.26 Å². The summed E-state index contributed by atoms with van der Waals surface area (Å²) in [4.78, 5) is 20.6. The van der Waals surface area contributed by atoms with Gasteiger partial charge in [-0.05, 0) is 72.9 Å². The van der Waals surface area contributed by atoms with Crippen LogP contribution in [0.1, 0.15) is 56.6 Å². The van der Waals surface area contributed by atoms with Crippen molar-refractivity contribution in [3.05, 3.63) is 75.8 Å². The summed E-state index contributed by atoms with van der Waals surface area (Å²) in [5.41, 5.74) is 2.22. The number of halogens is 1. The minimum Gasteiger partial charge on any atom is -0.356 e. The van der Waals surface area contributed by atoms with Gasteiger partial charge in [0.25, 0.3) is 5.56 Å². The Balaban J connectivity index is 1.62. The number of nitrogens with zero attached hydrogens (tertiary/aromatic N) is 4. The number of nitriles is 1. The fourth-order valence-electron chi connectivity index (χ4n) is 5.02. The molecule has 2 aliphatic rings. The highest BCUT2D eigenvalue weighted by Gasteiger charge is 2.27. The summed E-state index contributed by atoms with van der Waals surface area (Å²) in [6.45, 7) is 6.18. The molecule has 2 fully saturated rings. The van der Waals surface area contributed by atoms with E-state index in [1.807, 2.05) is 18.2 Å². The third kappa shape index (κ3) is 4.23. The van der Waals surface area contributed by atoms with Gasteiger partial charge in [-0.15, -0.1) is 0 Å². The molecule has 5 rings (SSSR count). The van der Waals surface area contributed by atoms with Gasteiger partial charge < -0.3 is 4.90 Å². The Hall–Kier alpha value is -3.46. The number of hydrogen-bond donors (Lipinski definition) is 0. The quantitative estimate of drug-likeness (QED) is 0.497. The molecule has 2 heterocycles. The summed E-state index contributed by atoms with van der Waals surface area (Å²) in [6, 6.07) is 15.9. The van der Waals surface area contributed by atoms with Gasteiger partial charge >= 0.3 is 0 Å². The molecule has 6 heteroatoms. The summed E-state index contributed by atoms with van der Waals surface area (Å²) in [5.74, 6) is 2.19. The number of anilines is 1. The fourth-order valence-corrected chi connectivity index (χ4v) is 5.02. The molecule has 0 bridgehead atoms. The van der Waals surface area contributed by atoms with Crippen molar-refractivity contribution in [3.63, 3.8) is 0 Å². The fraction of sp³-hybridized carbons (Fsp3) is 0.393. The first kappa shape index (κ1) is 22.3. The number of rotatable bonds is 5. The van der Waals surface area contributed by atoms with Gasteiger partial charge in [-0.1, -0.05) is 32.4 Å². The second-order valence-corrected chi connectivity index (χ2v) is 9.66. The van der Waals surface area contributed by atoms with Crippen LogP contribution < -0.4 is 10.5 Å². The Morgan fingerprint density at radius 3 is 2.53 bits per heavy atom. The van der Waals surface area contributed by atoms with Crippen molar-refractivity contribution in [2.45, 2.75) is 45.4 Å². The van der Waals surface area contributed by atoms with Crippen LogP contribution >= 0.6 is 0 Å². The zero-order valence-corrected chi connectivity index (χ0v) is 19.7. The molecule has 2 unspecified atom stereocenters. The summed E-state index contributed by atoms with van der Waals surface area (Å²) in [7, 11) is 0. The Morgan fingerprint density at radius 2 is 1.88 bits per heavy atom. The first-order chi connectivity index (χ1) is 16.5. The van der Waals surface area contributed by atoms with Crippen LogP contribution in [0.2, 0.25) is 0 Å². The lowest BCUT2D eigenvalue weighted by molar-refractivity contribution is 0.292. The second-order valence-electron chi connectivity index (χ2n) is 9.66. The van der Waals surface area contributed by atoms with Crippen LogP contribution in [0.25, 0.3) is 17.1 Å². The van der Waals surface area contributed by atoms with Crippen LogP contribution in [-0.2, 0) is 0 Å². The van der Waals surface area contributed by atoms with Gasteiger partial charge in [0, 0.05) is 24.7 Å². The standard InChI is InChI=1S/C28H29FN4O/c1-3-19-17-32(13-12-18(19)2)26-15-27(34)33(24-10-8-21(9-11-24)20-4-5-20)28(31-26)22-6-7-23(16-30)25(29)14-22/h6-11,14-15,18-20H,3-5,12-13,17H2,1-2H3. The van der Waals surface area contributed by atoms with E-state index in [0.717, 1.165) is 25.9 Å². The van der Waals surface area contributed by atoms with Crippen LogP contribution in [0.15, 0.2) is 53.3 Å². The van der Waals surface area contributed by atoms with Gasteiger partial charge in [-0.2, -0.15) is 5.26 Å². The van der Waals surface area contributed by atoms with E-state index < -0.39 is 5.82 Å². The topological polar surface area (TPSA) is 61.9 Å². The number of benzene rings is 2. The minimum absolute atomic E-state index is 0.0293. The van der Waals surface area contributed by atoms with E-state index in [-0.39, 0.29) is 11.1 Å². The van der Waals surface area contributed by atoms with E-state index in [4.69, 9.17) is 10.2 Å². The van der Waals surface area contributed by atoms with E-state index in [1.165, 1.54) is 30.5 Å². The average Bonchev–Trinajstić information content (AvgIpc) is 3.69. The zero-order chi connectivity index (χ0) is 23.8. The lowest BCUT2D eigenvalue weighted by Crippen LogP contribution is -2.40. The van der Waals surface area contributed by atoms with Gasteiger partial charge in [0.15, 0.2) is 0 Å². The van der Waals surface area contributed by atoms with Gasteiger partial charge in [0.1, 0.15) is 23.5 Å². The van der Waals surface area contributed by atoms with Crippen molar-refractivity contribution in [3.8, 4) is 23.1 Å². The molecule has 3 aromatic rings. The predicted molar refractivity (Wildman–Crippen MR) is 132 cm³/mol. The molecule has 174 valence electrons. The maximum atomic E-state index is 14.6. The summed E-state index contributed by atoms with van der Waals surface area (Å²) >= 11 is 0.